The molecule has 0 aromatic heterocycles. The normalized spacial score (nSPS) is 17.9. The van der Waals surface area contributed by atoms with Crippen molar-refractivity contribution in [3.8, 4) is 5.75 Å². The van der Waals surface area contributed by atoms with Crippen LogP contribution in [0.15, 0.2) is 12.1 Å². The second-order valence-corrected chi connectivity index (χ2v) is 7.02. The Balaban J connectivity index is 2.27. The van der Waals surface area contributed by atoms with Gasteiger partial charge in [0.1, 0.15) is 5.75 Å². The van der Waals surface area contributed by atoms with E-state index in [1.54, 1.807) is 6.07 Å². The summed E-state index contributed by atoms with van der Waals surface area (Å²) in [5, 5.41) is 10.3. The number of phenolic OH excluding ortho intramolecular Hbond substituents is 1. The van der Waals surface area contributed by atoms with Crippen LogP contribution in [0, 0.1) is 0 Å². The minimum absolute atomic E-state index is 0.0394. The molecule has 1 aromatic carbocycles. The van der Waals surface area contributed by atoms with Gasteiger partial charge in [-0.05, 0) is 24.1 Å². The van der Waals surface area contributed by atoms with Gasteiger partial charge in [-0.15, -0.1) is 0 Å². The van der Waals surface area contributed by atoms with Gasteiger partial charge < -0.3 is 10.0 Å². The summed E-state index contributed by atoms with van der Waals surface area (Å²) in [5.74, 6) is 0.136. The Morgan fingerprint density at radius 1 is 1.19 bits per heavy atom. The van der Waals surface area contributed by atoms with E-state index in [1.165, 1.54) is 0 Å². The zero-order valence-electron chi connectivity index (χ0n) is 13.5. The number of aromatic hydroxyl groups is 1. The van der Waals surface area contributed by atoms with Gasteiger partial charge in [0.2, 0.25) is 0 Å². The van der Waals surface area contributed by atoms with Gasteiger partial charge in [-0.25, -0.2) is 0 Å². The summed E-state index contributed by atoms with van der Waals surface area (Å²) in [6.07, 6.45) is 0.748. The Morgan fingerprint density at radius 2 is 1.81 bits per heavy atom. The molecule has 1 heterocycles. The van der Waals surface area contributed by atoms with Crippen molar-refractivity contribution in [3.05, 3.63) is 28.8 Å². The molecule has 21 heavy (non-hydrogen) atoms. The maximum Gasteiger partial charge on any atom is 0.153 e. The smallest absolute Gasteiger partial charge is 0.153 e. The molecule has 4 heteroatoms. The predicted octanol–water partition coefficient (Wildman–Crippen LogP) is 2.25. The Kier molecular flexibility index (Phi) is 4.69. The molecule has 1 saturated heterocycles. The van der Waals surface area contributed by atoms with Crippen LogP contribution < -0.4 is 0 Å². The summed E-state index contributed by atoms with van der Waals surface area (Å²) in [6, 6.07) is 3.84. The summed E-state index contributed by atoms with van der Waals surface area (Å²) in [7, 11) is 2.12. The highest BCUT2D eigenvalue weighted by Gasteiger charge is 2.21. The summed E-state index contributed by atoms with van der Waals surface area (Å²) in [4.78, 5) is 15.8. The maximum atomic E-state index is 11.2. The van der Waals surface area contributed by atoms with Gasteiger partial charge in [-0.3, -0.25) is 9.69 Å². The Hall–Kier alpha value is -1.39. The second-order valence-electron chi connectivity index (χ2n) is 7.02. The number of nitrogens with zero attached hydrogens (tertiary/aromatic N) is 2. The van der Waals surface area contributed by atoms with Gasteiger partial charge in [0.15, 0.2) is 6.29 Å². The van der Waals surface area contributed by atoms with E-state index in [2.05, 4.69) is 37.6 Å². The average molecular weight is 290 g/mol. The van der Waals surface area contributed by atoms with Crippen LogP contribution in [-0.2, 0) is 12.0 Å². The highest BCUT2D eigenvalue weighted by Crippen LogP contribution is 2.31. The van der Waals surface area contributed by atoms with Gasteiger partial charge in [-0.2, -0.15) is 0 Å². The van der Waals surface area contributed by atoms with Crippen LogP contribution in [0.1, 0.15) is 42.3 Å². The van der Waals surface area contributed by atoms with Crippen molar-refractivity contribution in [1.29, 1.82) is 0 Å². The third-order valence-corrected chi connectivity index (χ3v) is 4.20. The lowest BCUT2D eigenvalue weighted by atomic mass is 9.84. The van der Waals surface area contributed by atoms with Gasteiger partial charge in [0.25, 0.3) is 0 Å². The second kappa shape index (κ2) is 6.16. The van der Waals surface area contributed by atoms with E-state index >= 15 is 0 Å². The molecule has 1 aromatic rings. The van der Waals surface area contributed by atoms with Crippen LogP contribution in [-0.4, -0.2) is 54.4 Å². The van der Waals surface area contributed by atoms with Crippen LogP contribution in [0.5, 0.6) is 5.75 Å². The first-order valence-corrected chi connectivity index (χ1v) is 7.53. The largest absolute Gasteiger partial charge is 0.507 e. The number of benzene rings is 1. The van der Waals surface area contributed by atoms with E-state index in [0.717, 1.165) is 43.6 Å². The Morgan fingerprint density at radius 3 is 2.33 bits per heavy atom. The molecule has 1 aliphatic rings. The third kappa shape index (κ3) is 3.83. The van der Waals surface area contributed by atoms with Crippen molar-refractivity contribution < 1.29 is 9.90 Å². The van der Waals surface area contributed by atoms with Crippen molar-refractivity contribution >= 4 is 6.29 Å². The van der Waals surface area contributed by atoms with Gasteiger partial charge >= 0.3 is 0 Å². The fourth-order valence-corrected chi connectivity index (χ4v) is 2.61. The zero-order valence-corrected chi connectivity index (χ0v) is 13.5. The van der Waals surface area contributed by atoms with E-state index in [4.69, 9.17) is 0 Å². The van der Waals surface area contributed by atoms with Crippen LogP contribution in [0.4, 0.5) is 0 Å². The van der Waals surface area contributed by atoms with E-state index in [-0.39, 0.29) is 11.2 Å². The molecule has 0 saturated carbocycles. The maximum absolute atomic E-state index is 11.2. The lowest BCUT2D eigenvalue weighted by Crippen LogP contribution is -2.43. The van der Waals surface area contributed by atoms with Crippen LogP contribution in [0.3, 0.4) is 0 Å². The fraction of sp³-hybridized carbons (Fsp3) is 0.588. The highest BCUT2D eigenvalue weighted by atomic mass is 16.3. The predicted molar refractivity (Wildman–Crippen MR) is 85.0 cm³/mol. The molecular weight excluding hydrogens is 264 g/mol. The molecule has 1 fully saturated rings. The molecule has 0 bridgehead atoms. The zero-order chi connectivity index (χ0) is 15.6. The van der Waals surface area contributed by atoms with Gasteiger partial charge in [0, 0.05) is 38.3 Å². The van der Waals surface area contributed by atoms with E-state index in [9.17, 15) is 9.90 Å². The first kappa shape index (κ1) is 16.0. The molecular formula is C17H26N2O2. The molecule has 116 valence electrons. The lowest BCUT2D eigenvalue weighted by molar-refractivity contribution is 0.112. The molecule has 2 rings (SSSR count). The number of rotatable bonds is 3. The molecule has 0 unspecified atom stereocenters. The first-order chi connectivity index (χ1) is 9.81. The topological polar surface area (TPSA) is 43.8 Å². The summed E-state index contributed by atoms with van der Waals surface area (Å²) >= 11 is 0. The van der Waals surface area contributed by atoms with Crippen LogP contribution >= 0.6 is 0 Å². The van der Waals surface area contributed by atoms with Crippen molar-refractivity contribution in [2.45, 2.75) is 32.7 Å². The quantitative estimate of drug-likeness (QED) is 0.867. The Bertz CT molecular complexity index is 512. The molecule has 1 N–H and O–H groups in total. The highest BCUT2D eigenvalue weighted by molar-refractivity contribution is 5.80. The standard InChI is InChI=1S/C17H26N2O2/c1-17(2,3)15-9-13(16(21)14(10-15)12-20)11-19-7-5-18(4)6-8-19/h9-10,12,21H,5-8,11H2,1-4H3. The molecule has 4 nitrogen and oxygen atoms in total. The lowest BCUT2D eigenvalue weighted by Gasteiger charge is -2.33. The number of aldehydes is 1. The number of hydrogen-bond donors (Lipinski definition) is 1. The SMILES string of the molecule is CN1CCN(Cc2cc(C(C)(C)C)cc(C=O)c2O)CC1. The number of likely N-dealkylation sites (N-methyl/N-ethyl adjacent to an activating group) is 1. The molecule has 0 spiro atoms. The third-order valence-electron chi connectivity index (χ3n) is 4.20. The van der Waals surface area contributed by atoms with Gasteiger partial charge in [-0.1, -0.05) is 26.8 Å². The molecule has 0 aliphatic carbocycles. The minimum atomic E-state index is -0.0394. The Labute approximate surface area is 127 Å². The van der Waals surface area contributed by atoms with Crippen LogP contribution in [0.25, 0.3) is 0 Å². The van der Waals surface area contributed by atoms with Crippen LogP contribution in [0.2, 0.25) is 0 Å². The minimum Gasteiger partial charge on any atom is -0.507 e. The summed E-state index contributed by atoms with van der Waals surface area (Å²) < 4.78 is 0. The number of carbonyl (C=O) groups excluding carboxylic acids is 1. The average Bonchev–Trinajstić information content (AvgIpc) is 2.42. The van der Waals surface area contributed by atoms with Crippen molar-refractivity contribution in [2.75, 3.05) is 33.2 Å². The number of piperazine rings is 1. The van der Waals surface area contributed by atoms with Gasteiger partial charge in [0.05, 0.1) is 5.56 Å². The number of carbonyl (C=O) groups is 1. The monoisotopic (exact) mass is 290 g/mol. The summed E-state index contributed by atoms with van der Waals surface area (Å²) in [6.45, 7) is 11.1. The number of phenols is 1. The molecule has 0 radical (unpaired) electrons. The van der Waals surface area contributed by atoms with Crippen molar-refractivity contribution in [3.63, 3.8) is 0 Å². The van der Waals surface area contributed by atoms with Crippen molar-refractivity contribution in [2.24, 2.45) is 0 Å². The first-order valence-electron chi connectivity index (χ1n) is 7.53. The van der Waals surface area contributed by atoms with Crippen molar-refractivity contribution in [1.82, 2.24) is 9.80 Å². The van der Waals surface area contributed by atoms with E-state index < -0.39 is 0 Å². The van der Waals surface area contributed by atoms with E-state index in [1.807, 2.05) is 6.07 Å². The molecule has 0 amide bonds. The number of hydrogen-bond acceptors (Lipinski definition) is 4. The van der Waals surface area contributed by atoms with E-state index in [0.29, 0.717) is 12.1 Å². The fourth-order valence-electron chi connectivity index (χ4n) is 2.61. The molecule has 0 atom stereocenters. The summed E-state index contributed by atoms with van der Waals surface area (Å²) in [5.41, 5.74) is 2.30. The molecule has 1 aliphatic heterocycles.